The summed E-state index contributed by atoms with van der Waals surface area (Å²) in [6, 6.07) is 15.1. The molecule has 4 aromatic heterocycles. The second-order valence-electron chi connectivity index (χ2n) is 6.86. The monoisotopic (exact) mass is 445 g/mol. The molecule has 1 aromatic carbocycles. The van der Waals surface area contributed by atoms with E-state index in [4.69, 9.17) is 0 Å². The molecule has 32 heavy (non-hydrogen) atoms. The summed E-state index contributed by atoms with van der Waals surface area (Å²) in [6.07, 6.45) is 3.36. The number of nitrogens with zero attached hydrogens (tertiary/aromatic N) is 6. The van der Waals surface area contributed by atoms with Gasteiger partial charge < -0.3 is 5.32 Å². The van der Waals surface area contributed by atoms with Crippen molar-refractivity contribution in [1.29, 1.82) is 0 Å². The fourth-order valence-corrected chi connectivity index (χ4v) is 3.88. The lowest BCUT2D eigenvalue weighted by atomic mass is 10.2. The van der Waals surface area contributed by atoms with Crippen molar-refractivity contribution < 1.29 is 9.18 Å². The highest BCUT2D eigenvalue weighted by molar-refractivity contribution is 7.13. The Morgan fingerprint density at radius 1 is 1.06 bits per heavy atom. The number of aromatic nitrogens is 6. The number of amides is 1. The zero-order chi connectivity index (χ0) is 22.1. The molecule has 5 aromatic rings. The minimum Gasteiger partial charge on any atom is -0.316 e. The minimum absolute atomic E-state index is 0.0199. The van der Waals surface area contributed by atoms with Crippen LogP contribution in [0.15, 0.2) is 72.4 Å². The van der Waals surface area contributed by atoms with Gasteiger partial charge in [-0.2, -0.15) is 5.10 Å². The van der Waals surface area contributed by atoms with Crippen molar-refractivity contribution in [3.8, 4) is 27.8 Å². The summed E-state index contributed by atoms with van der Waals surface area (Å²) in [6.45, 7) is 0. The minimum atomic E-state index is -0.492. The molecule has 5 rings (SSSR count). The second kappa shape index (κ2) is 8.16. The molecule has 0 aliphatic heterocycles. The maximum atomic E-state index is 13.4. The van der Waals surface area contributed by atoms with Crippen LogP contribution in [0.25, 0.3) is 27.8 Å². The van der Waals surface area contributed by atoms with E-state index >= 15 is 0 Å². The first kappa shape index (κ1) is 19.8. The maximum Gasteiger partial charge on any atom is 0.295 e. The number of hydrogen-bond donors (Lipinski definition) is 1. The van der Waals surface area contributed by atoms with E-state index in [0.29, 0.717) is 28.6 Å². The normalized spacial score (nSPS) is 10.9. The van der Waals surface area contributed by atoms with Crippen LogP contribution in [-0.4, -0.2) is 35.4 Å². The molecule has 0 saturated carbocycles. The fraction of sp³-hybridized carbons (Fsp3) is 0.0455. The van der Waals surface area contributed by atoms with E-state index in [1.807, 2.05) is 35.7 Å². The summed E-state index contributed by atoms with van der Waals surface area (Å²) >= 11 is 1.47. The molecule has 4 heterocycles. The molecule has 0 spiro atoms. The van der Waals surface area contributed by atoms with Crippen molar-refractivity contribution in [2.45, 2.75) is 0 Å². The molecule has 1 N–H and O–H groups in total. The lowest BCUT2D eigenvalue weighted by Crippen LogP contribution is -2.14. The van der Waals surface area contributed by atoms with E-state index in [2.05, 4.69) is 25.5 Å². The first-order valence-electron chi connectivity index (χ1n) is 9.62. The third-order valence-corrected chi connectivity index (χ3v) is 5.47. The van der Waals surface area contributed by atoms with Crippen molar-refractivity contribution in [2.75, 3.05) is 5.32 Å². The summed E-state index contributed by atoms with van der Waals surface area (Å²) in [7, 11) is 1.76. The Bertz CT molecular complexity index is 1380. The Balaban J connectivity index is 1.52. The number of halogens is 1. The number of anilines is 1. The van der Waals surface area contributed by atoms with Crippen LogP contribution in [0, 0.1) is 5.82 Å². The smallest absolute Gasteiger partial charge is 0.295 e. The van der Waals surface area contributed by atoms with E-state index < -0.39 is 5.91 Å². The third-order valence-electron chi connectivity index (χ3n) is 4.61. The molecule has 0 aliphatic rings. The fourth-order valence-electron chi connectivity index (χ4n) is 3.19. The van der Waals surface area contributed by atoms with Crippen molar-refractivity contribution >= 4 is 22.9 Å². The SMILES string of the molecule is Cn1cc(NC(=O)c2nc(-c3cccs3)n(-c3ccc(F)cc3)n2)c(-c2ccccn2)n1. The van der Waals surface area contributed by atoms with Crippen LogP contribution in [0.3, 0.4) is 0 Å². The molecule has 0 bridgehead atoms. The molecule has 0 fully saturated rings. The molecule has 0 radical (unpaired) electrons. The van der Waals surface area contributed by atoms with Gasteiger partial charge in [0.2, 0.25) is 5.82 Å². The number of pyridine rings is 1. The highest BCUT2D eigenvalue weighted by Gasteiger charge is 2.22. The number of thiophene rings is 1. The van der Waals surface area contributed by atoms with Crippen molar-refractivity contribution in [2.24, 2.45) is 7.05 Å². The molecule has 0 unspecified atom stereocenters. The van der Waals surface area contributed by atoms with Gasteiger partial charge in [-0.1, -0.05) is 12.1 Å². The van der Waals surface area contributed by atoms with Gasteiger partial charge in [-0.15, -0.1) is 16.4 Å². The standard InChI is InChI=1S/C22H16FN7OS/c1-29-13-17(19(27-29)16-5-2-3-11-24-16)25-22(31)20-26-21(18-6-4-12-32-18)30(28-20)15-9-7-14(23)8-10-15/h2-13H,1H3,(H,25,31). The Morgan fingerprint density at radius 2 is 1.91 bits per heavy atom. The molecule has 0 saturated heterocycles. The van der Waals surface area contributed by atoms with E-state index in [9.17, 15) is 9.18 Å². The first-order chi connectivity index (χ1) is 15.6. The van der Waals surface area contributed by atoms with Gasteiger partial charge in [0.25, 0.3) is 5.91 Å². The maximum absolute atomic E-state index is 13.4. The summed E-state index contributed by atoms with van der Waals surface area (Å²) in [5, 5.41) is 13.6. The molecular weight excluding hydrogens is 429 g/mol. The lowest BCUT2D eigenvalue weighted by Gasteiger charge is -2.04. The molecule has 0 aliphatic carbocycles. The van der Waals surface area contributed by atoms with E-state index in [1.165, 1.54) is 28.2 Å². The summed E-state index contributed by atoms with van der Waals surface area (Å²) in [5.74, 6) is -0.376. The van der Waals surface area contributed by atoms with Crippen LogP contribution in [0.4, 0.5) is 10.1 Å². The van der Waals surface area contributed by atoms with Gasteiger partial charge in [0.05, 0.1) is 21.9 Å². The largest absolute Gasteiger partial charge is 0.316 e. The van der Waals surface area contributed by atoms with Crippen LogP contribution >= 0.6 is 11.3 Å². The lowest BCUT2D eigenvalue weighted by molar-refractivity contribution is 0.101. The Morgan fingerprint density at radius 3 is 2.62 bits per heavy atom. The van der Waals surface area contributed by atoms with Crippen LogP contribution in [-0.2, 0) is 7.05 Å². The van der Waals surface area contributed by atoms with Crippen molar-refractivity contribution in [3.05, 3.63) is 84.0 Å². The molecular formula is C22H16FN7OS. The molecule has 158 valence electrons. The summed E-state index contributed by atoms with van der Waals surface area (Å²) in [4.78, 5) is 22.7. The number of nitrogens with one attached hydrogen (secondary N) is 1. The number of carbonyl (C=O) groups is 1. The van der Waals surface area contributed by atoms with E-state index in [1.54, 1.807) is 36.3 Å². The molecule has 10 heteroatoms. The van der Waals surface area contributed by atoms with Crippen LogP contribution in [0.5, 0.6) is 0 Å². The van der Waals surface area contributed by atoms with Crippen LogP contribution in [0.1, 0.15) is 10.6 Å². The highest BCUT2D eigenvalue weighted by atomic mass is 32.1. The van der Waals surface area contributed by atoms with Gasteiger partial charge in [0, 0.05) is 19.4 Å². The average Bonchev–Trinajstić information content (AvgIpc) is 3.54. The van der Waals surface area contributed by atoms with Crippen LogP contribution in [0.2, 0.25) is 0 Å². The predicted molar refractivity (Wildman–Crippen MR) is 119 cm³/mol. The number of carbonyl (C=O) groups excluding carboxylic acids is 1. The Labute approximate surface area is 186 Å². The highest BCUT2D eigenvalue weighted by Crippen LogP contribution is 2.27. The quantitative estimate of drug-likeness (QED) is 0.438. The second-order valence-corrected chi connectivity index (χ2v) is 7.81. The van der Waals surface area contributed by atoms with Gasteiger partial charge in [0.1, 0.15) is 11.5 Å². The summed E-state index contributed by atoms with van der Waals surface area (Å²) in [5.41, 5.74) is 2.26. The zero-order valence-electron chi connectivity index (χ0n) is 16.8. The average molecular weight is 445 g/mol. The van der Waals surface area contributed by atoms with Crippen molar-refractivity contribution in [1.82, 2.24) is 29.5 Å². The Hall–Kier alpha value is -4.18. The molecule has 8 nitrogen and oxygen atoms in total. The van der Waals surface area contributed by atoms with Crippen molar-refractivity contribution in [3.63, 3.8) is 0 Å². The number of rotatable bonds is 5. The molecule has 1 amide bonds. The number of hydrogen-bond acceptors (Lipinski definition) is 6. The van der Waals surface area contributed by atoms with Gasteiger partial charge in [-0.05, 0) is 47.8 Å². The van der Waals surface area contributed by atoms with Gasteiger partial charge in [-0.25, -0.2) is 14.1 Å². The van der Waals surface area contributed by atoms with E-state index in [0.717, 1.165) is 4.88 Å². The first-order valence-corrected chi connectivity index (χ1v) is 10.5. The summed E-state index contributed by atoms with van der Waals surface area (Å²) < 4.78 is 16.5. The predicted octanol–water partition coefficient (Wildman–Crippen LogP) is 4.18. The van der Waals surface area contributed by atoms with Gasteiger partial charge >= 0.3 is 0 Å². The molecule has 0 atom stereocenters. The van der Waals surface area contributed by atoms with Gasteiger partial charge in [0.15, 0.2) is 5.82 Å². The van der Waals surface area contributed by atoms with E-state index in [-0.39, 0.29) is 11.6 Å². The topological polar surface area (TPSA) is 90.5 Å². The number of benzene rings is 1. The zero-order valence-corrected chi connectivity index (χ0v) is 17.6. The Kier molecular flexibility index (Phi) is 5.04. The number of aryl methyl sites for hydroxylation is 1. The van der Waals surface area contributed by atoms with Gasteiger partial charge in [-0.3, -0.25) is 14.5 Å². The van der Waals surface area contributed by atoms with Crippen LogP contribution < -0.4 is 5.32 Å². The third kappa shape index (κ3) is 3.79.